The van der Waals surface area contributed by atoms with Crippen molar-refractivity contribution in [2.75, 3.05) is 39.4 Å². The Labute approximate surface area is 82.0 Å². The molecule has 0 aromatic carbocycles. The SMILES string of the molecule is COCCCS(=O)CC(OC)OC. The zero-order valence-corrected chi connectivity index (χ0v) is 9.26. The van der Waals surface area contributed by atoms with Crippen molar-refractivity contribution < 1.29 is 18.4 Å². The summed E-state index contributed by atoms with van der Waals surface area (Å²) in [5.41, 5.74) is 0. The lowest BCUT2D eigenvalue weighted by Gasteiger charge is -2.12. The molecule has 5 heteroatoms. The second-order valence-electron chi connectivity index (χ2n) is 2.56. The van der Waals surface area contributed by atoms with Crippen molar-refractivity contribution in [3.63, 3.8) is 0 Å². The van der Waals surface area contributed by atoms with E-state index in [4.69, 9.17) is 14.2 Å². The van der Waals surface area contributed by atoms with Gasteiger partial charge < -0.3 is 14.2 Å². The fourth-order valence-corrected chi connectivity index (χ4v) is 2.01. The van der Waals surface area contributed by atoms with Crippen molar-refractivity contribution in [3.05, 3.63) is 0 Å². The van der Waals surface area contributed by atoms with Crippen LogP contribution in [0.2, 0.25) is 0 Å². The molecule has 0 aliphatic heterocycles. The molecule has 1 atom stereocenters. The van der Waals surface area contributed by atoms with Crippen LogP contribution >= 0.6 is 0 Å². The summed E-state index contributed by atoms with van der Waals surface area (Å²) in [4.78, 5) is 0. The van der Waals surface area contributed by atoms with E-state index in [1.165, 1.54) is 0 Å². The third kappa shape index (κ3) is 7.13. The van der Waals surface area contributed by atoms with Gasteiger partial charge in [0.2, 0.25) is 0 Å². The molecule has 0 bridgehead atoms. The summed E-state index contributed by atoms with van der Waals surface area (Å²) in [5.74, 6) is 1.06. The predicted molar refractivity (Wildman–Crippen MR) is 52.2 cm³/mol. The maximum atomic E-state index is 11.3. The van der Waals surface area contributed by atoms with Gasteiger partial charge in [0.05, 0.1) is 5.75 Å². The van der Waals surface area contributed by atoms with E-state index in [0.29, 0.717) is 18.1 Å². The third-order valence-corrected chi connectivity index (χ3v) is 2.96. The molecule has 0 aromatic rings. The summed E-state index contributed by atoms with van der Waals surface area (Å²) >= 11 is 0. The molecule has 0 saturated carbocycles. The second kappa shape index (κ2) is 8.62. The minimum Gasteiger partial charge on any atom is -0.385 e. The molecule has 0 radical (unpaired) electrons. The van der Waals surface area contributed by atoms with Crippen LogP contribution in [0.1, 0.15) is 6.42 Å². The average Bonchev–Trinajstić information content (AvgIpc) is 2.14. The van der Waals surface area contributed by atoms with Gasteiger partial charge in [0.15, 0.2) is 6.29 Å². The Bertz CT molecular complexity index is 136. The molecule has 0 amide bonds. The first-order valence-electron chi connectivity index (χ1n) is 4.14. The molecule has 0 aliphatic rings. The van der Waals surface area contributed by atoms with Gasteiger partial charge in [-0.3, -0.25) is 4.21 Å². The number of ether oxygens (including phenoxy) is 3. The topological polar surface area (TPSA) is 44.8 Å². The second-order valence-corrected chi connectivity index (χ2v) is 4.18. The minimum absolute atomic E-state index is 0.358. The van der Waals surface area contributed by atoms with Crippen molar-refractivity contribution in [2.45, 2.75) is 12.7 Å². The standard InChI is InChI=1S/C8H18O4S/c1-10-5-4-6-13(9)7-8(11-2)12-3/h8H,4-7H2,1-3H3. The van der Waals surface area contributed by atoms with E-state index in [1.54, 1.807) is 21.3 Å². The quantitative estimate of drug-likeness (QED) is 0.429. The van der Waals surface area contributed by atoms with Gasteiger partial charge in [0.1, 0.15) is 0 Å². The van der Waals surface area contributed by atoms with E-state index < -0.39 is 10.8 Å². The van der Waals surface area contributed by atoms with Gasteiger partial charge in [-0.1, -0.05) is 0 Å². The maximum absolute atomic E-state index is 11.3. The number of methoxy groups -OCH3 is 3. The summed E-state index contributed by atoms with van der Waals surface area (Å²) < 4.78 is 26.1. The van der Waals surface area contributed by atoms with E-state index >= 15 is 0 Å². The monoisotopic (exact) mass is 210 g/mol. The Morgan fingerprint density at radius 3 is 2.31 bits per heavy atom. The maximum Gasteiger partial charge on any atom is 0.168 e. The molecule has 0 spiro atoms. The van der Waals surface area contributed by atoms with Crippen molar-refractivity contribution in [2.24, 2.45) is 0 Å². The molecule has 0 fully saturated rings. The first-order chi connectivity index (χ1) is 6.24. The molecule has 0 aromatic heterocycles. The van der Waals surface area contributed by atoms with Gasteiger partial charge in [0.25, 0.3) is 0 Å². The Morgan fingerprint density at radius 1 is 1.23 bits per heavy atom. The van der Waals surface area contributed by atoms with Crippen LogP contribution in [-0.4, -0.2) is 49.9 Å². The van der Waals surface area contributed by atoms with E-state index in [-0.39, 0.29) is 6.29 Å². The summed E-state index contributed by atoms with van der Waals surface area (Å²) in [7, 11) is 3.84. The van der Waals surface area contributed by atoms with E-state index in [1.807, 2.05) is 0 Å². The molecule has 1 unspecified atom stereocenters. The van der Waals surface area contributed by atoms with Crippen LogP contribution in [0.3, 0.4) is 0 Å². The lowest BCUT2D eigenvalue weighted by Crippen LogP contribution is -2.22. The molecule has 0 aliphatic carbocycles. The van der Waals surface area contributed by atoms with Crippen LogP contribution in [-0.2, 0) is 25.0 Å². The summed E-state index contributed by atoms with van der Waals surface area (Å²) in [5, 5.41) is 0. The molecule has 4 nitrogen and oxygen atoms in total. The van der Waals surface area contributed by atoms with Crippen LogP contribution in [0.5, 0.6) is 0 Å². The molecule has 13 heavy (non-hydrogen) atoms. The summed E-state index contributed by atoms with van der Waals surface area (Å²) in [6, 6.07) is 0. The van der Waals surface area contributed by atoms with Gasteiger partial charge >= 0.3 is 0 Å². The van der Waals surface area contributed by atoms with E-state index in [9.17, 15) is 4.21 Å². The Hall–Kier alpha value is 0.0300. The highest BCUT2D eigenvalue weighted by molar-refractivity contribution is 7.85. The van der Waals surface area contributed by atoms with Gasteiger partial charge in [-0.2, -0.15) is 0 Å². The first-order valence-corrected chi connectivity index (χ1v) is 5.63. The van der Waals surface area contributed by atoms with Crippen LogP contribution in [0.15, 0.2) is 0 Å². The number of hydrogen-bond donors (Lipinski definition) is 0. The highest BCUT2D eigenvalue weighted by Crippen LogP contribution is 1.97. The highest BCUT2D eigenvalue weighted by atomic mass is 32.2. The highest BCUT2D eigenvalue weighted by Gasteiger charge is 2.09. The Morgan fingerprint density at radius 2 is 1.85 bits per heavy atom. The van der Waals surface area contributed by atoms with Crippen molar-refractivity contribution in [3.8, 4) is 0 Å². The van der Waals surface area contributed by atoms with Crippen molar-refractivity contribution >= 4 is 10.8 Å². The predicted octanol–water partition coefficient (Wildman–Crippen LogP) is 0.391. The molecule has 0 N–H and O–H groups in total. The van der Waals surface area contributed by atoms with Crippen LogP contribution in [0.25, 0.3) is 0 Å². The van der Waals surface area contributed by atoms with E-state index in [0.717, 1.165) is 6.42 Å². The molecule has 80 valence electrons. The Balaban J connectivity index is 3.48. The van der Waals surface area contributed by atoms with Gasteiger partial charge in [0, 0.05) is 44.5 Å². The third-order valence-electron chi connectivity index (χ3n) is 1.57. The smallest absolute Gasteiger partial charge is 0.168 e. The van der Waals surface area contributed by atoms with Gasteiger partial charge in [-0.25, -0.2) is 0 Å². The molecular weight excluding hydrogens is 192 g/mol. The zero-order valence-electron chi connectivity index (χ0n) is 8.45. The summed E-state index contributed by atoms with van der Waals surface area (Å²) in [6.07, 6.45) is 0.451. The average molecular weight is 210 g/mol. The van der Waals surface area contributed by atoms with E-state index in [2.05, 4.69) is 0 Å². The molecule has 0 rings (SSSR count). The summed E-state index contributed by atoms with van der Waals surface area (Å²) in [6.45, 7) is 0.649. The lowest BCUT2D eigenvalue weighted by atomic mass is 10.5. The number of rotatable bonds is 8. The van der Waals surface area contributed by atoms with Crippen molar-refractivity contribution in [1.29, 1.82) is 0 Å². The normalized spacial score (nSPS) is 13.5. The Kier molecular flexibility index (Phi) is 8.64. The fourth-order valence-electron chi connectivity index (χ4n) is 0.832. The largest absolute Gasteiger partial charge is 0.385 e. The van der Waals surface area contributed by atoms with Gasteiger partial charge in [-0.05, 0) is 6.42 Å². The van der Waals surface area contributed by atoms with Crippen molar-refractivity contribution in [1.82, 2.24) is 0 Å². The molecule has 0 saturated heterocycles. The van der Waals surface area contributed by atoms with Crippen LogP contribution in [0.4, 0.5) is 0 Å². The minimum atomic E-state index is -0.881. The van der Waals surface area contributed by atoms with Crippen LogP contribution < -0.4 is 0 Å². The first kappa shape index (κ1) is 13.0. The van der Waals surface area contributed by atoms with Crippen LogP contribution in [0, 0.1) is 0 Å². The van der Waals surface area contributed by atoms with Gasteiger partial charge in [-0.15, -0.1) is 0 Å². The molecular formula is C8H18O4S. The fraction of sp³-hybridized carbons (Fsp3) is 1.00. The number of hydrogen-bond acceptors (Lipinski definition) is 4. The molecule has 0 heterocycles. The lowest BCUT2D eigenvalue weighted by molar-refractivity contribution is -0.0847. The zero-order chi connectivity index (χ0) is 10.1.